The van der Waals surface area contributed by atoms with E-state index in [0.717, 1.165) is 12.8 Å². The molecule has 46 heavy (non-hydrogen) atoms. The Bertz CT molecular complexity index is 1760. The van der Waals surface area contributed by atoms with Gasteiger partial charge in [-0.3, -0.25) is 0 Å². The molecule has 12 heteroatoms. The topological polar surface area (TPSA) is 119 Å². The Morgan fingerprint density at radius 3 is 2.48 bits per heavy atom. The second-order valence-corrected chi connectivity index (χ2v) is 12.5. The van der Waals surface area contributed by atoms with E-state index in [2.05, 4.69) is 4.98 Å². The highest BCUT2D eigenvalue weighted by Gasteiger charge is 2.43. The van der Waals surface area contributed by atoms with Crippen LogP contribution in [0.15, 0.2) is 24.3 Å². The molecule has 6 rings (SSSR count). The maximum absolute atomic E-state index is 17.1. The van der Waals surface area contributed by atoms with Gasteiger partial charge in [-0.15, -0.1) is 0 Å². The van der Waals surface area contributed by atoms with Crippen molar-refractivity contribution in [2.24, 2.45) is 5.41 Å². The number of ether oxygens (including phenoxy) is 4. The lowest BCUT2D eigenvalue weighted by molar-refractivity contribution is 0.0447. The van der Waals surface area contributed by atoms with Gasteiger partial charge in [0.15, 0.2) is 12.6 Å². The number of hydrogen-bond acceptors (Lipinski definition) is 10. The molecule has 3 heterocycles. The average molecular weight is 639 g/mol. The molecule has 1 aliphatic heterocycles. The zero-order chi connectivity index (χ0) is 32.6. The Morgan fingerprint density at radius 1 is 1.00 bits per heavy atom. The van der Waals surface area contributed by atoms with E-state index >= 15 is 8.78 Å². The van der Waals surface area contributed by atoms with Gasteiger partial charge in [-0.2, -0.15) is 9.97 Å². The van der Waals surface area contributed by atoms with E-state index in [1.54, 1.807) is 32.0 Å². The van der Waals surface area contributed by atoms with Crippen LogP contribution in [0.4, 0.5) is 14.6 Å². The fraction of sp³-hybridized carbons (Fsp3) is 0.500. The van der Waals surface area contributed by atoms with Crippen LogP contribution in [0.3, 0.4) is 0 Å². The molecule has 0 bridgehead atoms. The lowest BCUT2D eigenvalue weighted by atomic mass is 9.94. The van der Waals surface area contributed by atoms with Gasteiger partial charge < -0.3 is 34.1 Å². The second kappa shape index (κ2) is 12.7. The van der Waals surface area contributed by atoms with Crippen LogP contribution in [-0.4, -0.2) is 77.6 Å². The second-order valence-electron chi connectivity index (χ2n) is 12.5. The normalized spacial score (nSPS) is 19.1. The summed E-state index contributed by atoms with van der Waals surface area (Å²) in [6.45, 7) is 6.50. The molecule has 0 spiro atoms. The minimum Gasteiger partial charge on any atom is -0.477 e. The van der Waals surface area contributed by atoms with Gasteiger partial charge in [0.1, 0.15) is 34.0 Å². The molecule has 1 saturated heterocycles. The van der Waals surface area contributed by atoms with Gasteiger partial charge in [-0.25, -0.2) is 13.8 Å². The van der Waals surface area contributed by atoms with E-state index in [9.17, 15) is 10.2 Å². The number of rotatable bonds is 12. The first kappa shape index (κ1) is 32.1. The van der Waals surface area contributed by atoms with E-state index in [-0.39, 0.29) is 67.1 Å². The van der Waals surface area contributed by atoms with E-state index in [4.69, 9.17) is 28.9 Å². The minimum absolute atomic E-state index is 0.0375. The Balaban J connectivity index is 1.63. The number of aliphatic hydroxyl groups excluding tert-OH is 1. The van der Waals surface area contributed by atoms with E-state index in [1.165, 1.54) is 13.2 Å². The number of aromatic nitrogens is 3. The summed E-state index contributed by atoms with van der Waals surface area (Å²) in [5.41, 5.74) is -0.829. The van der Waals surface area contributed by atoms with Gasteiger partial charge in [-0.1, -0.05) is 13.0 Å². The van der Waals surface area contributed by atoms with E-state index in [1.807, 2.05) is 11.8 Å². The third-order valence-corrected chi connectivity index (χ3v) is 8.86. The van der Waals surface area contributed by atoms with Gasteiger partial charge >= 0.3 is 6.01 Å². The van der Waals surface area contributed by atoms with Gasteiger partial charge in [0, 0.05) is 31.2 Å². The average Bonchev–Trinajstić information content (AvgIpc) is 3.83. The molecule has 2 aliphatic rings. The maximum atomic E-state index is 17.1. The fourth-order valence-corrected chi connectivity index (χ4v) is 6.19. The SMILES string of the molecule is CCOc1nc(-c2cc(OCOC)cc3ccc(F)c(CC)c23)c(F)c2nc(OCC3(CO)CC3)nc(N3CCC[C@@](C)(O)C3)c12. The van der Waals surface area contributed by atoms with Crippen LogP contribution in [-0.2, 0) is 11.2 Å². The van der Waals surface area contributed by atoms with Crippen molar-refractivity contribution in [2.75, 3.05) is 51.7 Å². The lowest BCUT2D eigenvalue weighted by Gasteiger charge is -2.38. The standard InChI is InChI=1S/C34H40F2N4O6/c1-5-22-24(35)9-8-20-14-21(46-19-43-4)15-23(25(20)22)28-27(36)29-26(31(37-28)44-6-2)30(40-13-7-10-33(3,42)16-40)39-32(38-29)45-18-34(17-41)11-12-34/h8-9,14-15,41-42H,5-7,10-13,16-19H2,1-4H3/t33-/m1/s1. The zero-order valence-corrected chi connectivity index (χ0v) is 26.7. The monoisotopic (exact) mass is 638 g/mol. The molecule has 1 aliphatic carbocycles. The number of nitrogens with zero attached hydrogens (tertiary/aromatic N) is 4. The summed E-state index contributed by atoms with van der Waals surface area (Å²) in [5, 5.41) is 22.2. The smallest absolute Gasteiger partial charge is 0.319 e. The number of aryl methyl sites for hydroxylation is 1. The number of pyridine rings is 1. The van der Waals surface area contributed by atoms with Crippen LogP contribution in [0.2, 0.25) is 0 Å². The molecule has 1 atom stereocenters. The number of piperidine rings is 1. The van der Waals surface area contributed by atoms with Crippen LogP contribution in [0.1, 0.15) is 52.0 Å². The predicted molar refractivity (Wildman–Crippen MR) is 170 cm³/mol. The van der Waals surface area contributed by atoms with Crippen molar-refractivity contribution in [1.29, 1.82) is 0 Å². The number of methoxy groups -OCH3 is 1. The summed E-state index contributed by atoms with van der Waals surface area (Å²) >= 11 is 0. The molecule has 2 fully saturated rings. The van der Waals surface area contributed by atoms with Crippen LogP contribution >= 0.6 is 0 Å². The predicted octanol–water partition coefficient (Wildman–Crippen LogP) is 5.57. The van der Waals surface area contributed by atoms with Gasteiger partial charge in [-0.05, 0) is 80.5 Å². The summed E-state index contributed by atoms with van der Waals surface area (Å²) in [7, 11) is 1.50. The molecule has 2 aromatic heterocycles. The van der Waals surface area contributed by atoms with Crippen LogP contribution in [0.25, 0.3) is 32.9 Å². The van der Waals surface area contributed by atoms with Crippen molar-refractivity contribution in [3.05, 3.63) is 41.5 Å². The molecule has 246 valence electrons. The number of benzene rings is 2. The first-order chi connectivity index (χ1) is 22.1. The minimum atomic E-state index is -0.995. The van der Waals surface area contributed by atoms with Crippen molar-refractivity contribution in [2.45, 2.75) is 58.5 Å². The van der Waals surface area contributed by atoms with Crippen LogP contribution < -0.4 is 19.1 Å². The Kier molecular flexibility index (Phi) is 8.88. The summed E-state index contributed by atoms with van der Waals surface area (Å²) < 4.78 is 55.2. The Labute approximate surface area is 266 Å². The highest BCUT2D eigenvalue weighted by Crippen LogP contribution is 2.46. The number of anilines is 1. The van der Waals surface area contributed by atoms with E-state index in [0.29, 0.717) is 59.3 Å². The summed E-state index contributed by atoms with van der Waals surface area (Å²) in [4.78, 5) is 15.9. The molecular weight excluding hydrogens is 598 g/mol. The molecular formula is C34H40F2N4O6. The fourth-order valence-electron chi connectivity index (χ4n) is 6.19. The zero-order valence-electron chi connectivity index (χ0n) is 26.7. The largest absolute Gasteiger partial charge is 0.477 e. The first-order valence-corrected chi connectivity index (χ1v) is 15.7. The third-order valence-electron chi connectivity index (χ3n) is 8.86. The molecule has 4 aromatic rings. The number of fused-ring (bicyclic) bond motifs is 2. The summed E-state index contributed by atoms with van der Waals surface area (Å²) in [6.07, 6.45) is 3.26. The molecule has 0 radical (unpaired) electrons. The molecule has 2 aromatic carbocycles. The number of halogens is 2. The molecule has 0 unspecified atom stereocenters. The quantitative estimate of drug-likeness (QED) is 0.191. The van der Waals surface area contributed by atoms with Gasteiger partial charge in [0.05, 0.1) is 25.4 Å². The van der Waals surface area contributed by atoms with Crippen molar-refractivity contribution in [3.63, 3.8) is 0 Å². The van der Waals surface area contributed by atoms with Crippen LogP contribution in [0.5, 0.6) is 17.6 Å². The molecule has 0 amide bonds. The Hall–Kier alpha value is -3.87. The van der Waals surface area contributed by atoms with Crippen molar-refractivity contribution in [3.8, 4) is 28.9 Å². The van der Waals surface area contributed by atoms with Crippen LogP contribution in [0, 0.1) is 17.0 Å². The lowest BCUT2D eigenvalue weighted by Crippen LogP contribution is -2.46. The molecule has 2 N–H and O–H groups in total. The number of aliphatic hydroxyl groups is 2. The number of β-amino-alcohol motifs (C(OH)–C–C–N with tert-alkyl or cyclic N) is 1. The van der Waals surface area contributed by atoms with Gasteiger partial charge in [0.25, 0.3) is 0 Å². The Morgan fingerprint density at radius 2 is 1.80 bits per heavy atom. The van der Waals surface area contributed by atoms with Crippen molar-refractivity contribution >= 4 is 27.5 Å². The number of hydrogen-bond donors (Lipinski definition) is 2. The van der Waals surface area contributed by atoms with Gasteiger partial charge in [0.2, 0.25) is 5.88 Å². The first-order valence-electron chi connectivity index (χ1n) is 15.7. The highest BCUT2D eigenvalue weighted by atomic mass is 19.1. The maximum Gasteiger partial charge on any atom is 0.319 e. The summed E-state index contributed by atoms with van der Waals surface area (Å²) in [6, 6.07) is 6.32. The highest BCUT2D eigenvalue weighted by molar-refractivity contribution is 6.03. The van der Waals surface area contributed by atoms with E-state index < -0.39 is 17.2 Å². The molecule has 10 nitrogen and oxygen atoms in total. The van der Waals surface area contributed by atoms with Crippen molar-refractivity contribution in [1.82, 2.24) is 15.0 Å². The third kappa shape index (κ3) is 6.13. The summed E-state index contributed by atoms with van der Waals surface area (Å²) in [5.74, 6) is -0.365. The van der Waals surface area contributed by atoms with Crippen molar-refractivity contribution < 1.29 is 37.9 Å². The molecule has 1 saturated carbocycles.